The first kappa shape index (κ1) is 66.5. The average Bonchev–Trinajstić information content (AvgIpc) is 0.760. The van der Waals surface area contributed by atoms with Gasteiger partial charge in [0.1, 0.15) is 46.0 Å². The highest BCUT2D eigenvalue weighted by molar-refractivity contribution is 6.09. The summed E-state index contributed by atoms with van der Waals surface area (Å²) in [5, 5.41) is 3.08. The first-order chi connectivity index (χ1) is 46.5. The number of rotatable bonds is 27. The molecule has 0 atom stereocenters. The molecule has 0 aliphatic heterocycles. The molecular weight excluding hydrogens is 1220 g/mol. The van der Waals surface area contributed by atoms with Crippen LogP contribution in [0, 0.1) is 0 Å². The van der Waals surface area contributed by atoms with E-state index in [9.17, 15) is 38.4 Å². The van der Waals surface area contributed by atoms with Crippen molar-refractivity contribution in [2.24, 2.45) is 0 Å². The molecule has 0 fully saturated rings. The third kappa shape index (κ3) is 17.8. The Morgan fingerprint density at radius 3 is 0.990 bits per heavy atom. The van der Waals surface area contributed by atoms with E-state index in [-0.39, 0.29) is 81.1 Å². The van der Waals surface area contributed by atoms with Crippen molar-refractivity contribution in [1.29, 1.82) is 0 Å². The van der Waals surface area contributed by atoms with Crippen LogP contribution in [0.5, 0.6) is 46.0 Å². The maximum Gasteiger partial charge on any atom is 0.343 e. The van der Waals surface area contributed by atoms with Crippen molar-refractivity contribution in [3.05, 3.63) is 276 Å². The fourth-order valence-electron chi connectivity index (χ4n) is 9.53. The predicted octanol–water partition coefficient (Wildman–Crippen LogP) is 15.5. The summed E-state index contributed by atoms with van der Waals surface area (Å²) in [6.45, 7) is 11.6. The van der Waals surface area contributed by atoms with Crippen LogP contribution in [0.4, 0.5) is 0 Å². The van der Waals surface area contributed by atoms with E-state index >= 15 is 0 Å². The molecule has 0 aliphatic carbocycles. The van der Waals surface area contributed by atoms with Gasteiger partial charge in [0.05, 0.1) is 59.8 Å². The summed E-state index contributed by atoms with van der Waals surface area (Å²) in [5.41, 5.74) is 3.04. The molecule has 0 radical (unpaired) electrons. The van der Waals surface area contributed by atoms with E-state index in [1.807, 2.05) is 54.6 Å². The molecule has 0 aromatic heterocycles. The van der Waals surface area contributed by atoms with E-state index < -0.39 is 47.8 Å². The summed E-state index contributed by atoms with van der Waals surface area (Å²) >= 11 is 0. The molecule has 0 unspecified atom stereocenters. The normalized spacial score (nSPS) is 10.7. The van der Waals surface area contributed by atoms with Crippen molar-refractivity contribution < 1.29 is 85.7 Å². The lowest BCUT2D eigenvalue weighted by molar-refractivity contribution is -0.139. The minimum Gasteiger partial charge on any atom is -0.494 e. The zero-order valence-electron chi connectivity index (χ0n) is 52.2. The summed E-state index contributed by atoms with van der Waals surface area (Å²) in [5.74, 6) is -2.71. The van der Waals surface area contributed by atoms with Crippen LogP contribution < -0.4 is 37.9 Å². The summed E-state index contributed by atoms with van der Waals surface area (Å²) in [6, 6.07) is 58.3. The predicted molar refractivity (Wildman–Crippen MR) is 356 cm³/mol. The summed E-state index contributed by atoms with van der Waals surface area (Å²) in [6.07, 6.45) is 2.54. The number of unbranched alkanes of at least 4 members (excludes halogenated alkanes) is 2. The Balaban J connectivity index is 0.724. The van der Waals surface area contributed by atoms with Crippen molar-refractivity contribution in [2.45, 2.75) is 39.5 Å². The lowest BCUT2D eigenvalue weighted by Crippen LogP contribution is -2.11. The number of esters is 8. The highest BCUT2D eigenvalue weighted by Crippen LogP contribution is 2.43. The van der Waals surface area contributed by atoms with Crippen LogP contribution in [0.15, 0.2) is 243 Å². The molecule has 0 spiro atoms. The van der Waals surface area contributed by atoms with Crippen LogP contribution >= 0.6 is 0 Å². The summed E-state index contributed by atoms with van der Waals surface area (Å²) in [4.78, 5) is 103. The van der Waals surface area contributed by atoms with Crippen LogP contribution in [0.25, 0.3) is 32.7 Å². The highest BCUT2D eigenvalue weighted by Gasteiger charge is 2.22. The fourth-order valence-corrected chi connectivity index (χ4v) is 9.53. The Morgan fingerprint density at radius 1 is 0.302 bits per heavy atom. The first-order valence-corrected chi connectivity index (χ1v) is 30.4. The quantitative estimate of drug-likeness (QED) is 0.0202. The van der Waals surface area contributed by atoms with E-state index in [4.69, 9.17) is 47.4 Å². The zero-order chi connectivity index (χ0) is 67.5. The third-order valence-corrected chi connectivity index (χ3v) is 14.6. The van der Waals surface area contributed by atoms with Gasteiger partial charge in [-0.2, -0.15) is 0 Å². The molecule has 0 N–H and O–H groups in total. The zero-order valence-corrected chi connectivity index (χ0v) is 52.2. The second-order valence-electron chi connectivity index (χ2n) is 21.8. The van der Waals surface area contributed by atoms with Gasteiger partial charge in [-0.15, -0.1) is 0 Å². The Kier molecular flexibility index (Phi) is 22.0. The molecule has 0 amide bonds. The van der Waals surface area contributed by atoms with Crippen molar-refractivity contribution in [3.63, 3.8) is 0 Å². The van der Waals surface area contributed by atoms with Crippen LogP contribution in [0.2, 0.25) is 0 Å². The molecule has 10 aromatic rings. The number of ether oxygens (including phenoxy) is 10. The minimum atomic E-state index is -0.707. The Hall–Kier alpha value is -12.4. The molecule has 482 valence electrons. The van der Waals surface area contributed by atoms with Gasteiger partial charge in [-0.3, -0.25) is 0 Å². The average molecular weight is 1290 g/mol. The maximum atomic E-state index is 14.0. The second kappa shape index (κ2) is 31.7. The summed E-state index contributed by atoms with van der Waals surface area (Å²) in [7, 11) is 0. The van der Waals surface area contributed by atoms with Crippen molar-refractivity contribution in [3.8, 4) is 57.1 Å². The number of hydrogen-bond donors (Lipinski definition) is 0. The smallest absolute Gasteiger partial charge is 0.343 e. The first-order valence-electron chi connectivity index (χ1n) is 30.4. The third-order valence-electron chi connectivity index (χ3n) is 14.6. The minimum absolute atomic E-state index is 0.147. The van der Waals surface area contributed by atoms with E-state index in [0.29, 0.717) is 72.7 Å². The molecule has 0 bridgehead atoms. The van der Waals surface area contributed by atoms with Gasteiger partial charge in [-0.1, -0.05) is 67.8 Å². The SMILES string of the molecule is C=C(C)C(=O)OCCCCOc1ccc(C(=O)Oc2ccc(C(=O)Oc3ccc(C(=O)Oc4cc(-c5c(OC(=O)c6ccc(OC(=O)c7ccc(OC(=O)c8ccc(OCCCCOC(=O)C(=C)C)cc8)cc7)cc6)ccc6ccccc56)c5ccccc5c4)cc3)cc2)cc1. The summed E-state index contributed by atoms with van der Waals surface area (Å²) < 4.78 is 56.1. The van der Waals surface area contributed by atoms with E-state index in [2.05, 4.69) is 13.2 Å². The standard InChI is InChI=1S/C78H62O18/c1-49(2)71(79)89-45-11-9-43-87-59-30-17-52(18-31-59)73(81)91-61-34-21-54(22-35-61)75(83)93-63-38-25-56(26-39-63)77(85)95-65-47-58-14-6-7-15-66(58)68(48-65)70-67-16-8-5-13-51(67)29-42-69(70)96-78(86)57-27-40-64(41-28-57)94-76(84)55-23-36-62(37-24-55)92-74(82)53-19-32-60(33-20-53)88-44-10-12-46-90-72(80)50(3)4/h5-8,13-42,47-48H,1,3,9-12,43-46H2,2,4H3. The molecule has 0 saturated carbocycles. The number of carbonyl (C=O) groups excluding carboxylic acids is 8. The molecule has 0 saturated heterocycles. The molecule has 18 heteroatoms. The van der Waals surface area contributed by atoms with Crippen LogP contribution in [-0.2, 0) is 19.1 Å². The second-order valence-corrected chi connectivity index (χ2v) is 21.8. The molecule has 0 heterocycles. The lowest BCUT2D eigenvalue weighted by Gasteiger charge is -2.17. The van der Waals surface area contributed by atoms with Gasteiger partial charge in [0, 0.05) is 16.7 Å². The van der Waals surface area contributed by atoms with Crippen LogP contribution in [0.3, 0.4) is 0 Å². The van der Waals surface area contributed by atoms with Crippen LogP contribution in [-0.4, -0.2) is 74.2 Å². The molecule has 0 aliphatic rings. The maximum absolute atomic E-state index is 14.0. The molecule has 18 nitrogen and oxygen atoms in total. The van der Waals surface area contributed by atoms with Gasteiger partial charge in [0.2, 0.25) is 0 Å². The monoisotopic (exact) mass is 1290 g/mol. The van der Waals surface area contributed by atoms with Gasteiger partial charge in [0.25, 0.3) is 0 Å². The molecule has 10 rings (SSSR count). The topological polar surface area (TPSA) is 229 Å². The van der Waals surface area contributed by atoms with Gasteiger partial charge in [-0.25, -0.2) is 38.4 Å². The Labute approximate surface area is 551 Å². The van der Waals surface area contributed by atoms with Gasteiger partial charge in [-0.05, 0) is 230 Å². The Bertz CT molecular complexity index is 4540. The largest absolute Gasteiger partial charge is 0.494 e. The number of fused-ring (bicyclic) bond motifs is 2. The number of carbonyl (C=O) groups is 8. The van der Waals surface area contributed by atoms with Crippen molar-refractivity contribution in [2.75, 3.05) is 26.4 Å². The highest BCUT2D eigenvalue weighted by atomic mass is 16.6. The molecule has 96 heavy (non-hydrogen) atoms. The van der Waals surface area contributed by atoms with Crippen molar-refractivity contribution >= 4 is 69.3 Å². The van der Waals surface area contributed by atoms with Crippen molar-refractivity contribution in [1.82, 2.24) is 0 Å². The Morgan fingerprint density at radius 2 is 0.615 bits per heavy atom. The number of hydrogen-bond acceptors (Lipinski definition) is 18. The number of benzene rings is 10. The van der Waals surface area contributed by atoms with Gasteiger partial charge < -0.3 is 47.4 Å². The van der Waals surface area contributed by atoms with E-state index in [1.54, 1.807) is 80.6 Å². The lowest BCUT2D eigenvalue weighted by atomic mass is 9.92. The van der Waals surface area contributed by atoms with Crippen LogP contribution in [0.1, 0.15) is 102 Å². The fraction of sp³-hybridized carbons (Fsp3) is 0.128. The van der Waals surface area contributed by atoms with Gasteiger partial charge >= 0.3 is 47.8 Å². The molecule has 10 aromatic carbocycles. The van der Waals surface area contributed by atoms with E-state index in [1.165, 1.54) is 97.1 Å². The van der Waals surface area contributed by atoms with Gasteiger partial charge in [0.15, 0.2) is 0 Å². The van der Waals surface area contributed by atoms with E-state index in [0.717, 1.165) is 21.5 Å². The molecular formula is C78H62O18.